The number of hydrogen-bond acceptors (Lipinski definition) is 1. The Hall–Kier alpha value is -0.510. The molecule has 3 rings (SSSR count). The fraction of sp³-hybridized carbons (Fsp3) is 0.941. The summed E-state index contributed by atoms with van der Waals surface area (Å²) in [4.78, 5) is 0. The van der Waals surface area contributed by atoms with Gasteiger partial charge in [-0.05, 0) is 68.6 Å². The maximum absolute atomic E-state index is 8.99. The fourth-order valence-corrected chi connectivity index (χ4v) is 5.06. The quantitative estimate of drug-likeness (QED) is 0.643. The molecule has 0 spiro atoms. The molecule has 3 unspecified atom stereocenters. The minimum Gasteiger partial charge on any atom is -0.198 e. The van der Waals surface area contributed by atoms with Crippen LogP contribution < -0.4 is 0 Å². The molecule has 3 fully saturated rings. The Morgan fingerprint density at radius 2 is 1.11 bits per heavy atom. The van der Waals surface area contributed by atoms with E-state index in [1.165, 1.54) is 70.6 Å². The average molecular weight is 245 g/mol. The van der Waals surface area contributed by atoms with Gasteiger partial charge in [0.15, 0.2) is 0 Å². The molecule has 100 valence electrons. The zero-order valence-electron chi connectivity index (χ0n) is 11.6. The van der Waals surface area contributed by atoms with Crippen LogP contribution in [0.2, 0.25) is 0 Å². The molecule has 1 heteroatoms. The van der Waals surface area contributed by atoms with Gasteiger partial charge in [0, 0.05) is 5.92 Å². The molecule has 0 saturated heterocycles. The van der Waals surface area contributed by atoms with Gasteiger partial charge in [0.25, 0.3) is 0 Å². The van der Waals surface area contributed by atoms with Crippen LogP contribution in [0.5, 0.6) is 0 Å². The normalized spacial score (nSPS) is 44.9. The molecule has 0 amide bonds. The average Bonchev–Trinajstić information content (AvgIpc) is 2.47. The fourth-order valence-electron chi connectivity index (χ4n) is 5.06. The molecular weight excluding hydrogens is 218 g/mol. The van der Waals surface area contributed by atoms with Crippen molar-refractivity contribution in [2.45, 2.75) is 70.6 Å². The van der Waals surface area contributed by atoms with Gasteiger partial charge in [-0.25, -0.2) is 0 Å². The highest BCUT2D eigenvalue weighted by Gasteiger charge is 2.36. The molecule has 0 aromatic carbocycles. The number of nitriles is 1. The van der Waals surface area contributed by atoms with Crippen LogP contribution in [-0.2, 0) is 0 Å². The summed E-state index contributed by atoms with van der Waals surface area (Å²) in [5, 5.41) is 8.99. The minimum atomic E-state index is 0.382. The molecule has 3 aliphatic carbocycles. The molecule has 18 heavy (non-hydrogen) atoms. The summed E-state index contributed by atoms with van der Waals surface area (Å²) in [5.74, 6) is 4.53. The van der Waals surface area contributed by atoms with Gasteiger partial charge < -0.3 is 0 Å². The van der Waals surface area contributed by atoms with Crippen LogP contribution in [0.1, 0.15) is 70.6 Å². The van der Waals surface area contributed by atoms with Crippen LogP contribution >= 0.6 is 0 Å². The van der Waals surface area contributed by atoms with E-state index in [0.717, 1.165) is 23.7 Å². The third-order valence-electron chi connectivity index (χ3n) is 6.20. The Kier molecular flexibility index (Phi) is 3.92. The van der Waals surface area contributed by atoms with Crippen molar-refractivity contribution >= 4 is 0 Å². The van der Waals surface area contributed by atoms with Gasteiger partial charge in [-0.15, -0.1) is 0 Å². The van der Waals surface area contributed by atoms with Crippen molar-refractivity contribution in [2.24, 2.45) is 29.6 Å². The Bertz CT molecular complexity index is 308. The minimum absolute atomic E-state index is 0.382. The van der Waals surface area contributed by atoms with Crippen LogP contribution in [-0.4, -0.2) is 0 Å². The second kappa shape index (κ2) is 5.64. The highest BCUT2D eigenvalue weighted by Crippen LogP contribution is 2.47. The zero-order valence-corrected chi connectivity index (χ0v) is 11.6. The topological polar surface area (TPSA) is 23.8 Å². The van der Waals surface area contributed by atoms with Crippen LogP contribution in [0.25, 0.3) is 0 Å². The van der Waals surface area contributed by atoms with Crippen LogP contribution in [0.3, 0.4) is 0 Å². The Morgan fingerprint density at radius 1 is 0.611 bits per heavy atom. The van der Waals surface area contributed by atoms with Crippen LogP contribution in [0, 0.1) is 40.9 Å². The molecule has 0 radical (unpaired) electrons. The summed E-state index contributed by atoms with van der Waals surface area (Å²) in [7, 11) is 0. The number of hydrogen-bond donors (Lipinski definition) is 0. The smallest absolute Gasteiger partial charge is 0.0655 e. The third-order valence-corrected chi connectivity index (χ3v) is 6.20. The lowest BCUT2D eigenvalue weighted by Crippen LogP contribution is -2.32. The molecule has 3 aliphatic rings. The van der Waals surface area contributed by atoms with Crippen molar-refractivity contribution in [3.8, 4) is 6.07 Å². The first-order chi connectivity index (χ1) is 8.86. The van der Waals surface area contributed by atoms with E-state index in [-0.39, 0.29) is 0 Å². The Labute approximate surface area is 112 Å². The maximum Gasteiger partial charge on any atom is 0.0655 e. The summed E-state index contributed by atoms with van der Waals surface area (Å²) in [6, 6.07) is 2.47. The second-order valence-corrected chi connectivity index (χ2v) is 7.12. The largest absolute Gasteiger partial charge is 0.198 e. The molecule has 0 bridgehead atoms. The highest BCUT2D eigenvalue weighted by molar-refractivity contribution is 4.91. The van der Waals surface area contributed by atoms with E-state index in [0.29, 0.717) is 5.92 Å². The lowest BCUT2D eigenvalue weighted by molar-refractivity contribution is 0.0821. The molecular formula is C17H27N. The van der Waals surface area contributed by atoms with Gasteiger partial charge >= 0.3 is 0 Å². The van der Waals surface area contributed by atoms with E-state index < -0.39 is 0 Å². The van der Waals surface area contributed by atoms with Crippen molar-refractivity contribution in [3.63, 3.8) is 0 Å². The van der Waals surface area contributed by atoms with Gasteiger partial charge in [-0.1, -0.05) is 25.7 Å². The monoisotopic (exact) mass is 245 g/mol. The first-order valence-corrected chi connectivity index (χ1v) is 8.26. The summed E-state index contributed by atoms with van der Waals surface area (Å²) < 4.78 is 0. The van der Waals surface area contributed by atoms with Crippen molar-refractivity contribution < 1.29 is 0 Å². The summed E-state index contributed by atoms with van der Waals surface area (Å²) in [6.07, 6.45) is 15.7. The Morgan fingerprint density at radius 3 is 1.83 bits per heavy atom. The van der Waals surface area contributed by atoms with Crippen LogP contribution in [0.4, 0.5) is 0 Å². The standard InChI is InChI=1S/C17H27N/c18-12-13-5-7-15(8-6-13)17-10-9-14-3-1-2-4-16(14)11-17/h13-17H,1-11H2. The lowest BCUT2D eigenvalue weighted by atomic mass is 9.62. The molecule has 0 aliphatic heterocycles. The predicted octanol–water partition coefficient (Wildman–Crippen LogP) is 4.92. The lowest BCUT2D eigenvalue weighted by Gasteiger charge is -2.43. The maximum atomic E-state index is 8.99. The van der Waals surface area contributed by atoms with E-state index in [4.69, 9.17) is 5.26 Å². The zero-order chi connectivity index (χ0) is 12.4. The van der Waals surface area contributed by atoms with Crippen molar-refractivity contribution in [1.82, 2.24) is 0 Å². The molecule has 0 aromatic rings. The summed E-state index contributed by atoms with van der Waals surface area (Å²) in [5.41, 5.74) is 0. The molecule has 0 aromatic heterocycles. The van der Waals surface area contributed by atoms with E-state index in [2.05, 4.69) is 6.07 Å². The highest BCUT2D eigenvalue weighted by atomic mass is 14.4. The van der Waals surface area contributed by atoms with Gasteiger partial charge in [0.2, 0.25) is 0 Å². The van der Waals surface area contributed by atoms with Crippen molar-refractivity contribution in [1.29, 1.82) is 5.26 Å². The molecule has 0 N–H and O–H groups in total. The first kappa shape index (κ1) is 12.5. The van der Waals surface area contributed by atoms with E-state index in [1.54, 1.807) is 0 Å². The molecule has 1 nitrogen and oxygen atoms in total. The number of nitrogens with zero attached hydrogens (tertiary/aromatic N) is 1. The molecule has 3 saturated carbocycles. The van der Waals surface area contributed by atoms with Gasteiger partial charge in [-0.2, -0.15) is 5.26 Å². The van der Waals surface area contributed by atoms with Crippen molar-refractivity contribution in [3.05, 3.63) is 0 Å². The summed E-state index contributed by atoms with van der Waals surface area (Å²) >= 11 is 0. The Balaban J connectivity index is 1.53. The molecule has 0 heterocycles. The van der Waals surface area contributed by atoms with Gasteiger partial charge in [-0.3, -0.25) is 0 Å². The predicted molar refractivity (Wildman–Crippen MR) is 73.9 cm³/mol. The van der Waals surface area contributed by atoms with Crippen LogP contribution in [0.15, 0.2) is 0 Å². The van der Waals surface area contributed by atoms with Gasteiger partial charge in [0.1, 0.15) is 0 Å². The first-order valence-electron chi connectivity index (χ1n) is 8.26. The van der Waals surface area contributed by atoms with E-state index >= 15 is 0 Å². The SMILES string of the molecule is N#CC1CCC(C2CCC3CCCCC3C2)CC1. The van der Waals surface area contributed by atoms with Crippen molar-refractivity contribution in [2.75, 3.05) is 0 Å². The van der Waals surface area contributed by atoms with E-state index in [9.17, 15) is 0 Å². The number of fused-ring (bicyclic) bond motifs is 1. The van der Waals surface area contributed by atoms with E-state index in [1.807, 2.05) is 0 Å². The number of rotatable bonds is 1. The van der Waals surface area contributed by atoms with Gasteiger partial charge in [0.05, 0.1) is 6.07 Å². The molecule has 3 atom stereocenters. The summed E-state index contributed by atoms with van der Waals surface area (Å²) in [6.45, 7) is 0. The third kappa shape index (κ3) is 2.58. The second-order valence-electron chi connectivity index (χ2n) is 7.12.